The van der Waals surface area contributed by atoms with E-state index in [9.17, 15) is 14.9 Å². The third-order valence-corrected chi connectivity index (χ3v) is 10.2. The van der Waals surface area contributed by atoms with Crippen LogP contribution in [0, 0.1) is 34.5 Å². The van der Waals surface area contributed by atoms with Gasteiger partial charge in [-0.3, -0.25) is 9.59 Å². The smallest absolute Gasteiger partial charge is 0.404 e. The SMILES string of the molecule is CC(C)C=C(C#N)C(=O)N1CCC[C@@H]1COCCC(=O)N[C@H](Cc1ccccc1)B1O[C@@H]2C[C@@H]3C[C@@H](C3(C)C)[C@]2(C)O1. The first-order chi connectivity index (χ1) is 20.0. The van der Waals surface area contributed by atoms with E-state index in [4.69, 9.17) is 14.0 Å². The number of carbonyl (C=O) groups is 2. The number of nitrogens with zero attached hydrogens (tertiary/aromatic N) is 2. The molecule has 0 unspecified atom stereocenters. The number of nitrogens with one attached hydrogen (secondary N) is 1. The van der Waals surface area contributed by atoms with Crippen LogP contribution in [0.25, 0.3) is 0 Å². The Kier molecular flexibility index (Phi) is 9.17. The van der Waals surface area contributed by atoms with Crippen molar-refractivity contribution < 1.29 is 23.6 Å². The molecule has 0 aromatic heterocycles. The maximum atomic E-state index is 13.2. The van der Waals surface area contributed by atoms with Gasteiger partial charge in [0.05, 0.1) is 36.9 Å². The van der Waals surface area contributed by atoms with Gasteiger partial charge in [0, 0.05) is 13.0 Å². The largest absolute Gasteiger partial charge is 0.482 e. The highest BCUT2D eigenvalue weighted by Gasteiger charge is 2.68. The molecule has 0 spiro atoms. The Morgan fingerprint density at radius 1 is 1.24 bits per heavy atom. The predicted molar refractivity (Wildman–Crippen MR) is 161 cm³/mol. The first-order valence-corrected chi connectivity index (χ1v) is 15.7. The lowest BCUT2D eigenvalue weighted by atomic mass is 9.43. The predicted octanol–water partition coefficient (Wildman–Crippen LogP) is 4.49. The van der Waals surface area contributed by atoms with E-state index >= 15 is 0 Å². The Bertz CT molecular complexity index is 1210. The van der Waals surface area contributed by atoms with Crippen LogP contribution in [0.1, 0.15) is 72.3 Å². The van der Waals surface area contributed by atoms with Crippen LogP contribution < -0.4 is 5.32 Å². The van der Waals surface area contributed by atoms with E-state index in [2.05, 4.69) is 44.3 Å². The van der Waals surface area contributed by atoms with Crippen molar-refractivity contribution in [3.05, 3.63) is 47.5 Å². The van der Waals surface area contributed by atoms with Gasteiger partial charge in [-0.05, 0) is 67.8 Å². The van der Waals surface area contributed by atoms with Crippen LogP contribution in [0.5, 0.6) is 0 Å². The van der Waals surface area contributed by atoms with Gasteiger partial charge >= 0.3 is 7.12 Å². The van der Waals surface area contributed by atoms with Crippen molar-refractivity contribution in [3.63, 3.8) is 0 Å². The van der Waals surface area contributed by atoms with Crippen molar-refractivity contribution >= 4 is 18.9 Å². The highest BCUT2D eigenvalue weighted by Crippen LogP contribution is 2.65. The monoisotopic (exact) mass is 575 g/mol. The molecule has 2 saturated heterocycles. The molecule has 6 atom stereocenters. The summed E-state index contributed by atoms with van der Waals surface area (Å²) in [6.45, 7) is 12.0. The van der Waals surface area contributed by atoms with Crippen molar-refractivity contribution in [2.45, 2.75) is 96.8 Å². The summed E-state index contributed by atoms with van der Waals surface area (Å²) in [5.41, 5.74) is 1.21. The Hall–Kier alpha value is -2.67. The number of hydrogen-bond donors (Lipinski definition) is 1. The molecule has 3 aliphatic carbocycles. The Labute approximate surface area is 251 Å². The highest BCUT2D eigenvalue weighted by atomic mass is 16.7. The zero-order valence-electron chi connectivity index (χ0n) is 25.8. The maximum Gasteiger partial charge on any atom is 0.482 e. The van der Waals surface area contributed by atoms with Crippen molar-refractivity contribution in [2.75, 3.05) is 19.8 Å². The molecular weight excluding hydrogens is 529 g/mol. The Morgan fingerprint density at radius 2 is 2.00 bits per heavy atom. The molecule has 2 aliphatic heterocycles. The molecule has 2 heterocycles. The van der Waals surface area contributed by atoms with Gasteiger partial charge in [-0.15, -0.1) is 0 Å². The average Bonchev–Trinajstić information content (AvgIpc) is 3.57. The molecule has 3 saturated carbocycles. The first-order valence-electron chi connectivity index (χ1n) is 15.7. The summed E-state index contributed by atoms with van der Waals surface area (Å²) in [7, 11) is -0.508. The van der Waals surface area contributed by atoms with E-state index in [0.717, 1.165) is 24.8 Å². The molecule has 1 aromatic rings. The molecule has 1 N–H and O–H groups in total. The number of benzene rings is 1. The summed E-state index contributed by atoms with van der Waals surface area (Å²) in [6.07, 6.45) is 6.46. The second-order valence-corrected chi connectivity index (χ2v) is 13.8. The van der Waals surface area contributed by atoms with Crippen molar-refractivity contribution in [1.29, 1.82) is 5.26 Å². The fourth-order valence-electron chi connectivity index (χ4n) is 7.74. The van der Waals surface area contributed by atoms with E-state index in [1.807, 2.05) is 32.0 Å². The molecule has 2 amide bonds. The van der Waals surface area contributed by atoms with Gasteiger partial charge in [-0.2, -0.15) is 5.26 Å². The van der Waals surface area contributed by atoms with Gasteiger partial charge in [-0.25, -0.2) is 0 Å². The maximum absolute atomic E-state index is 13.2. The molecule has 0 radical (unpaired) electrons. The summed E-state index contributed by atoms with van der Waals surface area (Å²) >= 11 is 0. The van der Waals surface area contributed by atoms with Crippen molar-refractivity contribution in [1.82, 2.24) is 10.2 Å². The minimum Gasteiger partial charge on any atom is -0.404 e. The summed E-state index contributed by atoms with van der Waals surface area (Å²) in [5.74, 6) is 0.569. The minimum absolute atomic E-state index is 0.0479. The lowest BCUT2D eigenvalue weighted by molar-refractivity contribution is -0.199. The molecule has 8 nitrogen and oxygen atoms in total. The molecule has 42 heavy (non-hydrogen) atoms. The Balaban J connectivity index is 1.16. The molecular formula is C33H46BN3O5. The molecule has 1 aromatic carbocycles. The number of amides is 2. The number of allylic oxidation sites excluding steroid dienone is 1. The van der Waals surface area contributed by atoms with Crippen LogP contribution in [-0.2, 0) is 30.1 Å². The normalized spacial score (nSPS) is 30.5. The van der Waals surface area contributed by atoms with Crippen LogP contribution >= 0.6 is 0 Å². The van der Waals surface area contributed by atoms with Crippen LogP contribution in [0.15, 0.2) is 42.0 Å². The zero-order valence-corrected chi connectivity index (χ0v) is 25.8. The number of likely N-dealkylation sites (tertiary alicyclic amines) is 1. The number of ether oxygens (including phenoxy) is 1. The fourth-order valence-corrected chi connectivity index (χ4v) is 7.74. The topological polar surface area (TPSA) is 101 Å². The second-order valence-electron chi connectivity index (χ2n) is 13.8. The van der Waals surface area contributed by atoms with Crippen LogP contribution in [-0.4, -0.2) is 67.3 Å². The number of carbonyl (C=O) groups excluding carboxylic acids is 2. The molecule has 9 heteroatoms. The lowest BCUT2D eigenvalue weighted by Gasteiger charge is -2.64. The quantitative estimate of drug-likeness (QED) is 0.181. The van der Waals surface area contributed by atoms with Gasteiger partial charge in [0.15, 0.2) is 0 Å². The van der Waals surface area contributed by atoms with Crippen LogP contribution in [0.2, 0.25) is 0 Å². The summed E-state index contributed by atoms with van der Waals surface area (Å²) in [4.78, 5) is 27.8. The van der Waals surface area contributed by atoms with Crippen molar-refractivity contribution in [2.24, 2.45) is 23.2 Å². The first kappa shape index (κ1) is 30.8. The van der Waals surface area contributed by atoms with Crippen LogP contribution in [0.3, 0.4) is 0 Å². The molecule has 226 valence electrons. The second kappa shape index (κ2) is 12.5. The summed E-state index contributed by atoms with van der Waals surface area (Å²) < 4.78 is 19.2. The lowest BCUT2D eigenvalue weighted by Crippen LogP contribution is -2.65. The Morgan fingerprint density at radius 3 is 2.69 bits per heavy atom. The van der Waals surface area contributed by atoms with E-state index in [1.165, 1.54) is 6.42 Å². The number of rotatable bonds is 11. The van der Waals surface area contributed by atoms with E-state index in [0.29, 0.717) is 31.4 Å². The van der Waals surface area contributed by atoms with Crippen LogP contribution in [0.4, 0.5) is 0 Å². The summed E-state index contributed by atoms with van der Waals surface area (Å²) in [5, 5.41) is 12.7. The van der Waals surface area contributed by atoms with Gasteiger partial charge in [-0.1, -0.05) is 64.1 Å². The number of hydrogen-bond acceptors (Lipinski definition) is 6. The van der Waals surface area contributed by atoms with Gasteiger partial charge in [0.1, 0.15) is 11.6 Å². The molecule has 5 aliphatic rings. The van der Waals surface area contributed by atoms with Crippen molar-refractivity contribution in [3.8, 4) is 6.07 Å². The molecule has 5 fully saturated rings. The fraction of sp³-hybridized carbons (Fsp3) is 0.667. The standard InChI is InChI=1S/C33H46BN3O5/c1-22(2)16-24(20-35)31(39)37-14-9-12-26(37)21-40-15-13-30(38)36-29(17-23-10-7-6-8-11-23)34-41-28-19-25-18-27(32(25,3)4)33(28,5)42-34/h6-8,10-11,16,22,25-29H,9,12-15,17-19,21H2,1-5H3,(H,36,38)/t25-,26+,27-,28+,29+,33-/m0/s1. The number of nitriles is 1. The van der Waals surface area contributed by atoms with Gasteiger partial charge in [0.25, 0.3) is 5.91 Å². The zero-order chi connectivity index (χ0) is 30.1. The summed E-state index contributed by atoms with van der Waals surface area (Å²) in [6, 6.07) is 12.1. The third kappa shape index (κ3) is 6.18. The molecule has 2 bridgehead atoms. The van der Waals surface area contributed by atoms with Gasteiger partial charge in [0.2, 0.25) is 5.91 Å². The van der Waals surface area contributed by atoms with E-state index in [-0.39, 0.29) is 65.4 Å². The molecule has 6 rings (SSSR count). The third-order valence-electron chi connectivity index (χ3n) is 10.2. The van der Waals surface area contributed by atoms with E-state index < -0.39 is 7.12 Å². The van der Waals surface area contributed by atoms with E-state index in [1.54, 1.807) is 11.0 Å². The highest BCUT2D eigenvalue weighted by molar-refractivity contribution is 6.48. The minimum atomic E-state index is -0.508. The van der Waals surface area contributed by atoms with Gasteiger partial charge < -0.3 is 24.3 Å². The average molecular weight is 576 g/mol.